The van der Waals surface area contributed by atoms with E-state index in [4.69, 9.17) is 5.53 Å². The van der Waals surface area contributed by atoms with Crippen molar-refractivity contribution in [2.75, 3.05) is 12.8 Å². The Bertz CT molecular complexity index is 675. The molecule has 100 valence electrons. The zero-order valence-electron chi connectivity index (χ0n) is 9.92. The molecule has 0 unspecified atom stereocenters. The van der Waals surface area contributed by atoms with Gasteiger partial charge in [-0.3, -0.25) is 10.1 Å². The van der Waals surface area contributed by atoms with Gasteiger partial charge in [0.05, 0.1) is 15.4 Å². The molecule has 1 rings (SSSR count). The Labute approximate surface area is 109 Å². The van der Waals surface area contributed by atoms with Gasteiger partial charge in [0, 0.05) is 23.8 Å². The summed E-state index contributed by atoms with van der Waals surface area (Å²) in [6.07, 6.45) is 3.82. The van der Waals surface area contributed by atoms with Crippen LogP contribution in [0.25, 0.3) is 16.5 Å². The number of hydrogen-bond donors (Lipinski definition) is 0. The molecule has 0 bridgehead atoms. The van der Waals surface area contributed by atoms with Gasteiger partial charge in [-0.2, -0.15) is 0 Å². The fraction of sp³-hybridized carbons (Fsp3) is 0.200. The van der Waals surface area contributed by atoms with Gasteiger partial charge in [-0.1, -0.05) is 17.3 Å². The largest absolute Gasteiger partial charge is 0.277 e. The van der Waals surface area contributed by atoms with Gasteiger partial charge in [0.15, 0.2) is 9.84 Å². The Hall–Kier alpha value is -2.38. The van der Waals surface area contributed by atoms with Gasteiger partial charge in [0.1, 0.15) is 0 Å². The zero-order chi connectivity index (χ0) is 14.5. The third-order valence-corrected chi connectivity index (χ3v) is 3.28. The van der Waals surface area contributed by atoms with Crippen molar-refractivity contribution in [1.82, 2.24) is 0 Å². The molecule has 0 radical (unpaired) electrons. The Morgan fingerprint density at radius 2 is 2.21 bits per heavy atom. The number of benzene rings is 1. The van der Waals surface area contributed by atoms with Crippen LogP contribution in [0.1, 0.15) is 5.56 Å². The van der Waals surface area contributed by atoms with E-state index in [1.165, 1.54) is 24.3 Å². The third kappa shape index (κ3) is 4.09. The summed E-state index contributed by atoms with van der Waals surface area (Å²) in [5.41, 5.74) is 8.00. The lowest BCUT2D eigenvalue weighted by Gasteiger charge is -2.01. The molecule has 9 heteroatoms. The molecule has 0 fully saturated rings. The minimum atomic E-state index is -3.50. The highest BCUT2D eigenvalue weighted by Crippen LogP contribution is 2.24. The predicted octanol–water partition coefficient (Wildman–Crippen LogP) is 2.32. The number of sulfone groups is 1. The number of nitro benzene ring substituents is 1. The van der Waals surface area contributed by atoms with E-state index in [2.05, 4.69) is 10.0 Å². The van der Waals surface area contributed by atoms with Crippen LogP contribution in [0.2, 0.25) is 0 Å². The first-order chi connectivity index (χ1) is 8.86. The summed E-state index contributed by atoms with van der Waals surface area (Å²) < 4.78 is 22.6. The highest BCUT2D eigenvalue weighted by molar-refractivity contribution is 7.90. The fourth-order valence-electron chi connectivity index (χ4n) is 1.32. The highest BCUT2D eigenvalue weighted by atomic mass is 32.2. The lowest BCUT2D eigenvalue weighted by Crippen LogP contribution is -2.00. The van der Waals surface area contributed by atoms with Gasteiger partial charge in [0.2, 0.25) is 0 Å². The summed E-state index contributed by atoms with van der Waals surface area (Å²) in [7, 11) is -3.50. The second-order valence-corrected chi connectivity index (χ2v) is 5.58. The predicted molar refractivity (Wildman–Crippen MR) is 69.3 cm³/mol. The van der Waals surface area contributed by atoms with Crippen LogP contribution in [0.5, 0.6) is 0 Å². The molecule has 0 aliphatic heterocycles. The molecule has 0 heterocycles. The Morgan fingerprint density at radius 3 is 2.74 bits per heavy atom. The molecule has 19 heavy (non-hydrogen) atoms. The molecule has 1 aromatic rings. The number of nitrogens with zero attached hydrogens (tertiary/aromatic N) is 4. The summed E-state index contributed by atoms with van der Waals surface area (Å²) >= 11 is 0. The molecule has 0 aliphatic rings. The normalized spacial score (nSPS) is 11.2. The topological polar surface area (TPSA) is 126 Å². The maximum absolute atomic E-state index is 11.3. The van der Waals surface area contributed by atoms with Crippen LogP contribution in [0.15, 0.2) is 34.3 Å². The number of azide groups is 1. The maximum Gasteiger partial charge on any atom is 0.277 e. The summed E-state index contributed by atoms with van der Waals surface area (Å²) in [5.74, 6) is 0. The molecule has 0 saturated heterocycles. The Kier molecular flexibility index (Phi) is 4.62. The standard InChI is InChI=1S/C10H10N4O4S/c1-19(17,18)9-5-4-8(3-2-6-12-13-11)10(7-9)14(15)16/h2-5,7H,6H2,1H3. The van der Waals surface area contributed by atoms with Crippen molar-refractivity contribution in [2.45, 2.75) is 4.90 Å². The number of nitro groups is 1. The molecular formula is C10H10N4O4S. The smallest absolute Gasteiger partial charge is 0.258 e. The average Bonchev–Trinajstić information content (AvgIpc) is 2.33. The molecule has 0 spiro atoms. The SMILES string of the molecule is CS(=O)(=O)c1ccc(C=CCN=[N+]=[N-])c([N+](=O)[O-])c1. The molecule has 1 aromatic carbocycles. The lowest BCUT2D eigenvalue weighted by molar-refractivity contribution is -0.385. The summed E-state index contributed by atoms with van der Waals surface area (Å²) in [6, 6.07) is 3.62. The van der Waals surface area contributed by atoms with Gasteiger partial charge in [-0.05, 0) is 17.7 Å². The van der Waals surface area contributed by atoms with Crippen LogP contribution in [0, 0.1) is 10.1 Å². The van der Waals surface area contributed by atoms with E-state index in [1.54, 1.807) is 0 Å². The molecule has 0 aliphatic carbocycles. The van der Waals surface area contributed by atoms with Crippen molar-refractivity contribution in [2.24, 2.45) is 5.11 Å². The van der Waals surface area contributed by atoms with Gasteiger partial charge >= 0.3 is 0 Å². The number of rotatable bonds is 5. The first kappa shape index (κ1) is 14.7. The monoisotopic (exact) mass is 282 g/mol. The minimum Gasteiger partial charge on any atom is -0.258 e. The quantitative estimate of drug-likeness (QED) is 0.270. The first-order valence-corrected chi connectivity index (χ1v) is 6.91. The van der Waals surface area contributed by atoms with Crippen LogP contribution in [0.4, 0.5) is 5.69 Å². The van der Waals surface area contributed by atoms with Gasteiger partial charge in [0.25, 0.3) is 5.69 Å². The molecule has 0 amide bonds. The molecule has 0 atom stereocenters. The Morgan fingerprint density at radius 1 is 1.53 bits per heavy atom. The van der Waals surface area contributed by atoms with Gasteiger partial charge < -0.3 is 0 Å². The maximum atomic E-state index is 11.3. The summed E-state index contributed by atoms with van der Waals surface area (Å²) in [5, 5.41) is 14.1. The zero-order valence-corrected chi connectivity index (χ0v) is 10.7. The Balaban J connectivity index is 3.23. The fourth-order valence-corrected chi connectivity index (χ4v) is 1.96. The molecule has 0 aromatic heterocycles. The van der Waals surface area contributed by atoms with Crippen LogP contribution >= 0.6 is 0 Å². The summed E-state index contributed by atoms with van der Waals surface area (Å²) in [6.45, 7) is 0.0570. The molecular weight excluding hydrogens is 272 g/mol. The van der Waals surface area contributed by atoms with E-state index >= 15 is 0 Å². The van der Waals surface area contributed by atoms with E-state index < -0.39 is 14.8 Å². The van der Waals surface area contributed by atoms with E-state index in [0.29, 0.717) is 0 Å². The van der Waals surface area contributed by atoms with Crippen molar-refractivity contribution in [3.63, 3.8) is 0 Å². The van der Waals surface area contributed by atoms with Crippen LogP contribution < -0.4 is 0 Å². The second-order valence-electron chi connectivity index (χ2n) is 3.57. The molecule has 8 nitrogen and oxygen atoms in total. The third-order valence-electron chi connectivity index (χ3n) is 2.17. The minimum absolute atomic E-state index is 0.0570. The number of hydrogen-bond acceptors (Lipinski definition) is 5. The van der Waals surface area contributed by atoms with Crippen LogP contribution in [-0.4, -0.2) is 26.1 Å². The summed E-state index contributed by atoms with van der Waals surface area (Å²) in [4.78, 5) is 12.6. The van der Waals surface area contributed by atoms with E-state index in [9.17, 15) is 18.5 Å². The van der Waals surface area contributed by atoms with Crippen molar-refractivity contribution >= 4 is 21.6 Å². The lowest BCUT2D eigenvalue weighted by atomic mass is 10.1. The van der Waals surface area contributed by atoms with Crippen molar-refractivity contribution < 1.29 is 13.3 Å². The highest BCUT2D eigenvalue weighted by Gasteiger charge is 2.16. The van der Waals surface area contributed by atoms with Crippen molar-refractivity contribution in [3.8, 4) is 0 Å². The van der Waals surface area contributed by atoms with E-state index in [1.807, 2.05) is 0 Å². The van der Waals surface area contributed by atoms with Crippen LogP contribution in [0.3, 0.4) is 0 Å². The average molecular weight is 282 g/mol. The first-order valence-electron chi connectivity index (χ1n) is 5.02. The van der Waals surface area contributed by atoms with E-state index in [0.717, 1.165) is 12.3 Å². The van der Waals surface area contributed by atoms with Crippen LogP contribution in [-0.2, 0) is 9.84 Å². The second kappa shape index (κ2) is 5.98. The molecule has 0 N–H and O–H groups in total. The molecule has 0 saturated carbocycles. The van der Waals surface area contributed by atoms with Gasteiger partial charge in [-0.15, -0.1) is 0 Å². The van der Waals surface area contributed by atoms with Crippen molar-refractivity contribution in [3.05, 3.63) is 50.4 Å². The van der Waals surface area contributed by atoms with E-state index in [-0.39, 0.29) is 22.7 Å². The van der Waals surface area contributed by atoms with Gasteiger partial charge in [-0.25, -0.2) is 8.42 Å². The van der Waals surface area contributed by atoms with Crippen molar-refractivity contribution in [1.29, 1.82) is 0 Å².